The summed E-state index contributed by atoms with van der Waals surface area (Å²) in [7, 11) is 1.39. The molecule has 0 heterocycles. The molecule has 0 aliphatic heterocycles. The van der Waals surface area contributed by atoms with Crippen molar-refractivity contribution in [1.29, 1.82) is 0 Å². The van der Waals surface area contributed by atoms with Crippen LogP contribution >= 0.6 is 10.7 Å². The highest BCUT2D eigenvalue weighted by molar-refractivity contribution is 8.13. The molecule has 0 aliphatic carbocycles. The highest BCUT2D eigenvalue weighted by Crippen LogP contribution is 2.20. The second kappa shape index (κ2) is 4.67. The molecule has 0 radical (unpaired) electrons. The van der Waals surface area contributed by atoms with E-state index in [-0.39, 0.29) is 4.90 Å². The van der Waals surface area contributed by atoms with Crippen LogP contribution in [0, 0.1) is 0 Å². The van der Waals surface area contributed by atoms with Gasteiger partial charge in [-0.15, -0.1) is 0 Å². The third kappa shape index (κ3) is 3.36. The number of hydrogen-bond donors (Lipinski definition) is 1. The van der Waals surface area contributed by atoms with Crippen molar-refractivity contribution in [3.05, 3.63) is 35.9 Å². The lowest BCUT2D eigenvalue weighted by atomic mass is 10.1. The van der Waals surface area contributed by atoms with E-state index in [4.69, 9.17) is 15.8 Å². The Morgan fingerprint density at radius 2 is 2.06 bits per heavy atom. The molecule has 1 aromatic rings. The summed E-state index contributed by atoms with van der Waals surface area (Å²) in [6.07, 6.45) is 1.000. The number of rotatable bonds is 3. The number of carboxylic acid groups (broad SMARTS) is 1. The molecule has 0 saturated carbocycles. The van der Waals surface area contributed by atoms with Gasteiger partial charge in [0.25, 0.3) is 9.05 Å². The predicted octanol–water partition coefficient (Wildman–Crippen LogP) is 2.10. The van der Waals surface area contributed by atoms with Gasteiger partial charge in [-0.3, -0.25) is 0 Å². The number of benzene rings is 1. The normalized spacial score (nSPS) is 12.5. The number of allylic oxidation sites excluding steroid dienone is 1. The van der Waals surface area contributed by atoms with E-state index in [0.717, 1.165) is 6.08 Å². The van der Waals surface area contributed by atoms with Crippen LogP contribution in [0.25, 0.3) is 5.57 Å². The van der Waals surface area contributed by atoms with Crippen LogP contribution in [-0.2, 0) is 13.8 Å². The number of carboxylic acids is 1. The molecule has 4 nitrogen and oxygen atoms in total. The van der Waals surface area contributed by atoms with E-state index in [9.17, 15) is 13.2 Å². The maximum atomic E-state index is 11.1. The molecule has 0 atom stereocenters. The standard InChI is InChI=1S/C10H9ClO4S/c1-7(5-10(12)13)8-3-2-4-9(6-8)16(11,14)15/h2-6H,1H3,(H,12,13)/b7-5+. The second-order valence-electron chi connectivity index (χ2n) is 3.13. The minimum atomic E-state index is -3.79. The van der Waals surface area contributed by atoms with Gasteiger partial charge in [0, 0.05) is 16.8 Å². The molecule has 1 rings (SSSR count). The van der Waals surface area contributed by atoms with Crippen LogP contribution in [0.3, 0.4) is 0 Å². The zero-order valence-electron chi connectivity index (χ0n) is 8.34. The van der Waals surface area contributed by atoms with Gasteiger partial charge in [0.2, 0.25) is 0 Å². The average Bonchev–Trinajstić information content (AvgIpc) is 2.15. The summed E-state index contributed by atoms with van der Waals surface area (Å²) in [4.78, 5) is 10.4. The van der Waals surface area contributed by atoms with E-state index in [1.165, 1.54) is 18.2 Å². The lowest BCUT2D eigenvalue weighted by Gasteiger charge is -2.02. The van der Waals surface area contributed by atoms with Crippen molar-refractivity contribution in [3.8, 4) is 0 Å². The molecular weight excluding hydrogens is 252 g/mol. The molecule has 1 aromatic carbocycles. The van der Waals surface area contributed by atoms with Gasteiger partial charge in [-0.1, -0.05) is 12.1 Å². The molecule has 0 amide bonds. The van der Waals surface area contributed by atoms with Crippen molar-refractivity contribution in [1.82, 2.24) is 0 Å². The summed E-state index contributed by atoms with van der Waals surface area (Å²) in [5, 5.41) is 8.55. The number of aliphatic carboxylic acids is 1. The molecular formula is C10H9ClO4S. The summed E-state index contributed by atoms with van der Waals surface area (Å²) in [6, 6.07) is 5.79. The van der Waals surface area contributed by atoms with Crippen LogP contribution in [0.2, 0.25) is 0 Å². The van der Waals surface area contributed by atoms with Crippen molar-refractivity contribution in [2.45, 2.75) is 11.8 Å². The maximum Gasteiger partial charge on any atom is 0.328 e. The van der Waals surface area contributed by atoms with Crippen molar-refractivity contribution in [2.24, 2.45) is 0 Å². The molecule has 0 spiro atoms. The van der Waals surface area contributed by atoms with Gasteiger partial charge < -0.3 is 5.11 Å². The Morgan fingerprint density at radius 3 is 2.56 bits per heavy atom. The van der Waals surface area contributed by atoms with Crippen LogP contribution in [0.15, 0.2) is 35.2 Å². The Morgan fingerprint density at radius 1 is 1.44 bits per heavy atom. The van der Waals surface area contributed by atoms with Gasteiger partial charge in [-0.2, -0.15) is 0 Å². The first-order chi connectivity index (χ1) is 7.30. The minimum absolute atomic E-state index is 0.0511. The number of carbonyl (C=O) groups is 1. The second-order valence-corrected chi connectivity index (χ2v) is 5.70. The number of halogens is 1. The first-order valence-corrected chi connectivity index (χ1v) is 6.58. The Balaban J connectivity index is 3.24. The topological polar surface area (TPSA) is 71.4 Å². The van der Waals surface area contributed by atoms with Crippen LogP contribution < -0.4 is 0 Å². The van der Waals surface area contributed by atoms with Gasteiger partial charge in [-0.05, 0) is 30.2 Å². The van der Waals surface area contributed by atoms with Crippen LogP contribution in [-0.4, -0.2) is 19.5 Å². The van der Waals surface area contributed by atoms with Crippen LogP contribution in [0.5, 0.6) is 0 Å². The van der Waals surface area contributed by atoms with Crippen molar-refractivity contribution in [2.75, 3.05) is 0 Å². The van der Waals surface area contributed by atoms with E-state index >= 15 is 0 Å². The van der Waals surface area contributed by atoms with Gasteiger partial charge in [0.1, 0.15) is 0 Å². The summed E-state index contributed by atoms with van der Waals surface area (Å²) < 4.78 is 22.1. The SMILES string of the molecule is C/C(=C\C(=O)O)c1cccc(S(=O)(=O)Cl)c1. The monoisotopic (exact) mass is 260 g/mol. The highest BCUT2D eigenvalue weighted by atomic mass is 35.7. The molecule has 16 heavy (non-hydrogen) atoms. The zero-order chi connectivity index (χ0) is 12.3. The lowest BCUT2D eigenvalue weighted by molar-refractivity contribution is -0.131. The van der Waals surface area contributed by atoms with E-state index in [1.807, 2.05) is 0 Å². The van der Waals surface area contributed by atoms with E-state index < -0.39 is 15.0 Å². The molecule has 0 bridgehead atoms. The average molecular weight is 261 g/mol. The maximum absolute atomic E-state index is 11.1. The van der Waals surface area contributed by atoms with Gasteiger partial charge in [0.15, 0.2) is 0 Å². The molecule has 0 fully saturated rings. The Bertz CT molecular complexity index is 546. The quantitative estimate of drug-likeness (QED) is 0.667. The lowest BCUT2D eigenvalue weighted by Crippen LogP contribution is -1.93. The Labute approximate surface area is 97.6 Å². The van der Waals surface area contributed by atoms with E-state index in [0.29, 0.717) is 11.1 Å². The van der Waals surface area contributed by atoms with Crippen molar-refractivity contribution >= 4 is 31.3 Å². The fourth-order valence-electron chi connectivity index (χ4n) is 1.16. The van der Waals surface area contributed by atoms with Gasteiger partial charge in [0.05, 0.1) is 4.90 Å². The predicted molar refractivity (Wildman–Crippen MR) is 60.8 cm³/mol. The summed E-state index contributed by atoms with van der Waals surface area (Å²) in [5.74, 6) is -1.09. The molecule has 0 saturated heterocycles. The summed E-state index contributed by atoms with van der Waals surface area (Å²) in [6.45, 7) is 1.58. The molecule has 0 aliphatic rings. The molecule has 86 valence electrons. The van der Waals surface area contributed by atoms with E-state index in [2.05, 4.69) is 0 Å². The highest BCUT2D eigenvalue weighted by Gasteiger charge is 2.10. The van der Waals surface area contributed by atoms with Crippen molar-refractivity contribution in [3.63, 3.8) is 0 Å². The summed E-state index contributed by atoms with van der Waals surface area (Å²) >= 11 is 0. The summed E-state index contributed by atoms with van der Waals surface area (Å²) in [5.41, 5.74) is 0.957. The smallest absolute Gasteiger partial charge is 0.328 e. The molecule has 0 aromatic heterocycles. The first kappa shape index (κ1) is 12.7. The molecule has 6 heteroatoms. The fraction of sp³-hybridized carbons (Fsp3) is 0.100. The number of hydrogen-bond acceptors (Lipinski definition) is 3. The van der Waals surface area contributed by atoms with Crippen LogP contribution in [0.1, 0.15) is 12.5 Å². The third-order valence-corrected chi connectivity index (χ3v) is 3.26. The largest absolute Gasteiger partial charge is 0.478 e. The molecule has 1 N–H and O–H groups in total. The van der Waals surface area contributed by atoms with Gasteiger partial charge in [-0.25, -0.2) is 13.2 Å². The van der Waals surface area contributed by atoms with E-state index in [1.54, 1.807) is 13.0 Å². The van der Waals surface area contributed by atoms with Crippen LogP contribution in [0.4, 0.5) is 0 Å². The van der Waals surface area contributed by atoms with Gasteiger partial charge >= 0.3 is 5.97 Å². The van der Waals surface area contributed by atoms with Crippen molar-refractivity contribution < 1.29 is 18.3 Å². The Kier molecular flexibility index (Phi) is 3.72. The first-order valence-electron chi connectivity index (χ1n) is 4.27. The Hall–Kier alpha value is -1.33. The minimum Gasteiger partial charge on any atom is -0.478 e. The zero-order valence-corrected chi connectivity index (χ0v) is 9.92. The fourth-order valence-corrected chi connectivity index (χ4v) is 1.96. The molecule has 0 unspecified atom stereocenters. The third-order valence-electron chi connectivity index (χ3n) is 1.91.